The van der Waals surface area contributed by atoms with Gasteiger partial charge < -0.3 is 10.4 Å². The second kappa shape index (κ2) is 9.40. The molecule has 2 N–H and O–H groups in total. The van der Waals surface area contributed by atoms with E-state index >= 15 is 0 Å². The minimum Gasteiger partial charge on any atom is -0.481 e. The monoisotopic (exact) mass is 332 g/mol. The largest absolute Gasteiger partial charge is 0.481 e. The fourth-order valence-corrected chi connectivity index (χ4v) is 3.44. The zero-order valence-corrected chi connectivity index (χ0v) is 14.5. The molecule has 0 radical (unpaired) electrons. The molecule has 0 aliphatic heterocycles. The number of nitrogens with one attached hydrogen (secondary N) is 1. The van der Waals surface area contributed by atoms with E-state index < -0.39 is 5.97 Å². The molecule has 2 rings (SSSR count). The molecular weight excluding hydrogens is 304 g/mol. The van der Waals surface area contributed by atoms with Crippen LogP contribution in [0, 0.1) is 12.8 Å². The highest BCUT2D eigenvalue weighted by Crippen LogP contribution is 2.28. The van der Waals surface area contributed by atoms with Crippen LogP contribution in [0.5, 0.6) is 0 Å². The molecule has 132 valence electrons. The average Bonchev–Trinajstić information content (AvgIpc) is 2.55. The molecule has 0 spiro atoms. The van der Waals surface area contributed by atoms with Crippen molar-refractivity contribution < 1.29 is 14.7 Å². The molecule has 1 aliphatic carbocycles. The van der Waals surface area contributed by atoms with Crippen molar-refractivity contribution >= 4 is 11.9 Å². The van der Waals surface area contributed by atoms with E-state index in [0.29, 0.717) is 18.8 Å². The number of hydrogen-bond donors (Lipinski definition) is 2. The van der Waals surface area contributed by atoms with E-state index in [1.54, 1.807) is 6.20 Å². The molecule has 1 aromatic rings. The predicted molar refractivity (Wildman–Crippen MR) is 92.7 cm³/mol. The van der Waals surface area contributed by atoms with E-state index in [0.717, 1.165) is 17.7 Å². The maximum absolute atomic E-state index is 12.3. The second-order valence-electron chi connectivity index (χ2n) is 6.92. The number of pyridine rings is 1. The Balaban J connectivity index is 1.88. The van der Waals surface area contributed by atoms with Gasteiger partial charge in [-0.25, -0.2) is 0 Å². The summed E-state index contributed by atoms with van der Waals surface area (Å²) in [6.45, 7) is 1.91. The number of rotatable bonds is 8. The van der Waals surface area contributed by atoms with Gasteiger partial charge in [-0.1, -0.05) is 38.2 Å². The van der Waals surface area contributed by atoms with Crippen LogP contribution in [0.3, 0.4) is 0 Å². The first-order valence-electron chi connectivity index (χ1n) is 8.95. The van der Waals surface area contributed by atoms with Gasteiger partial charge in [0.2, 0.25) is 5.91 Å². The minimum atomic E-state index is -0.805. The summed E-state index contributed by atoms with van der Waals surface area (Å²) in [5.74, 6) is -0.244. The summed E-state index contributed by atoms with van der Waals surface area (Å²) in [6.07, 6.45) is 9.70. The van der Waals surface area contributed by atoms with Crippen LogP contribution in [0.15, 0.2) is 18.3 Å². The summed E-state index contributed by atoms with van der Waals surface area (Å²) in [6, 6.07) is 3.76. The summed E-state index contributed by atoms with van der Waals surface area (Å²) in [7, 11) is 0. The molecule has 1 fully saturated rings. The fraction of sp³-hybridized carbons (Fsp3) is 0.632. The smallest absolute Gasteiger partial charge is 0.303 e. The SMILES string of the molecule is Cc1ccc(CC(=O)NC(CCC(=O)O)CC2CCCCC2)cn1. The number of nitrogens with zero attached hydrogens (tertiary/aromatic N) is 1. The van der Waals surface area contributed by atoms with Gasteiger partial charge in [-0.2, -0.15) is 0 Å². The normalized spacial score (nSPS) is 16.5. The van der Waals surface area contributed by atoms with E-state index in [9.17, 15) is 9.59 Å². The second-order valence-corrected chi connectivity index (χ2v) is 6.92. The number of aliphatic carboxylic acids is 1. The highest BCUT2D eigenvalue weighted by Gasteiger charge is 2.21. The van der Waals surface area contributed by atoms with Crippen molar-refractivity contribution in [3.05, 3.63) is 29.6 Å². The Morgan fingerprint density at radius 2 is 2.04 bits per heavy atom. The van der Waals surface area contributed by atoms with Crippen LogP contribution in [0.2, 0.25) is 0 Å². The third-order valence-corrected chi connectivity index (χ3v) is 4.75. The van der Waals surface area contributed by atoms with E-state index in [2.05, 4.69) is 10.3 Å². The molecule has 24 heavy (non-hydrogen) atoms. The first-order valence-corrected chi connectivity index (χ1v) is 8.95. The standard InChI is InChI=1S/C19H28N2O3/c1-14-7-8-16(13-20-14)12-18(22)21-17(9-10-19(23)24)11-15-5-3-2-4-6-15/h7-8,13,15,17H,2-6,9-12H2,1H3,(H,21,22)(H,23,24). The van der Waals surface area contributed by atoms with Crippen LogP contribution in [-0.2, 0) is 16.0 Å². The number of amides is 1. The van der Waals surface area contributed by atoms with Crippen molar-refractivity contribution in [1.82, 2.24) is 10.3 Å². The lowest BCUT2D eigenvalue weighted by molar-refractivity contribution is -0.137. The predicted octanol–water partition coefficient (Wildman–Crippen LogP) is 3.25. The Hall–Kier alpha value is -1.91. The van der Waals surface area contributed by atoms with Crippen LogP contribution in [0.4, 0.5) is 0 Å². The first kappa shape index (κ1) is 18.4. The zero-order valence-electron chi connectivity index (χ0n) is 14.5. The number of carboxylic acids is 1. The van der Waals surface area contributed by atoms with Gasteiger partial charge in [-0.15, -0.1) is 0 Å². The molecule has 0 aromatic carbocycles. The number of hydrogen-bond acceptors (Lipinski definition) is 3. The van der Waals surface area contributed by atoms with Crippen LogP contribution in [0.1, 0.15) is 62.6 Å². The van der Waals surface area contributed by atoms with Gasteiger partial charge in [0.1, 0.15) is 0 Å². The lowest BCUT2D eigenvalue weighted by Gasteiger charge is -2.27. The molecule has 1 heterocycles. The van der Waals surface area contributed by atoms with Gasteiger partial charge in [-0.3, -0.25) is 14.6 Å². The van der Waals surface area contributed by atoms with Gasteiger partial charge in [-0.05, 0) is 37.3 Å². The quantitative estimate of drug-likeness (QED) is 0.766. The molecule has 1 saturated carbocycles. The van der Waals surface area contributed by atoms with Gasteiger partial charge in [0, 0.05) is 24.4 Å². The molecule has 5 heteroatoms. The van der Waals surface area contributed by atoms with Gasteiger partial charge >= 0.3 is 5.97 Å². The van der Waals surface area contributed by atoms with Crippen molar-refractivity contribution in [2.75, 3.05) is 0 Å². The highest BCUT2D eigenvalue weighted by atomic mass is 16.4. The molecule has 1 atom stereocenters. The van der Waals surface area contributed by atoms with E-state index in [1.165, 1.54) is 32.1 Å². The van der Waals surface area contributed by atoms with Gasteiger partial charge in [0.25, 0.3) is 0 Å². The molecule has 1 aromatic heterocycles. The third-order valence-electron chi connectivity index (χ3n) is 4.75. The number of aryl methyl sites for hydroxylation is 1. The van der Waals surface area contributed by atoms with E-state index in [1.807, 2.05) is 19.1 Å². The summed E-state index contributed by atoms with van der Waals surface area (Å²) in [4.78, 5) is 27.4. The highest BCUT2D eigenvalue weighted by molar-refractivity contribution is 5.78. The molecule has 1 amide bonds. The number of carbonyl (C=O) groups is 2. The summed E-state index contributed by atoms with van der Waals surface area (Å²) in [5, 5.41) is 12.0. The lowest BCUT2D eigenvalue weighted by Crippen LogP contribution is -2.38. The van der Waals surface area contributed by atoms with Gasteiger partial charge in [0.05, 0.1) is 6.42 Å². The Bertz CT molecular complexity index is 536. The molecule has 0 saturated heterocycles. The summed E-state index contributed by atoms with van der Waals surface area (Å²) >= 11 is 0. The number of carboxylic acid groups (broad SMARTS) is 1. The average molecular weight is 332 g/mol. The van der Waals surface area contributed by atoms with E-state index in [4.69, 9.17) is 5.11 Å². The van der Waals surface area contributed by atoms with Crippen molar-refractivity contribution in [1.29, 1.82) is 0 Å². The van der Waals surface area contributed by atoms with Crippen LogP contribution >= 0.6 is 0 Å². The fourth-order valence-electron chi connectivity index (χ4n) is 3.44. The van der Waals surface area contributed by atoms with E-state index in [-0.39, 0.29) is 18.4 Å². The minimum absolute atomic E-state index is 0.0462. The zero-order chi connectivity index (χ0) is 17.4. The summed E-state index contributed by atoms with van der Waals surface area (Å²) in [5.41, 5.74) is 1.81. The lowest BCUT2D eigenvalue weighted by atomic mass is 9.84. The molecule has 5 nitrogen and oxygen atoms in total. The molecular formula is C19H28N2O3. The third kappa shape index (κ3) is 6.69. The van der Waals surface area contributed by atoms with Crippen molar-refractivity contribution in [2.24, 2.45) is 5.92 Å². The maximum atomic E-state index is 12.3. The van der Waals surface area contributed by atoms with Gasteiger partial charge in [0.15, 0.2) is 0 Å². The molecule has 0 bridgehead atoms. The Labute approximate surface area is 143 Å². The van der Waals surface area contributed by atoms with Crippen molar-refractivity contribution in [3.8, 4) is 0 Å². The Morgan fingerprint density at radius 3 is 2.67 bits per heavy atom. The van der Waals surface area contributed by atoms with Crippen molar-refractivity contribution in [3.63, 3.8) is 0 Å². The first-order chi connectivity index (χ1) is 11.5. The Morgan fingerprint density at radius 1 is 1.29 bits per heavy atom. The number of aromatic nitrogens is 1. The van der Waals surface area contributed by atoms with Crippen LogP contribution in [-0.4, -0.2) is 28.0 Å². The molecule has 1 unspecified atom stereocenters. The Kier molecular flexibility index (Phi) is 7.22. The van der Waals surface area contributed by atoms with Crippen molar-refractivity contribution in [2.45, 2.75) is 70.8 Å². The van der Waals surface area contributed by atoms with Crippen LogP contribution < -0.4 is 5.32 Å². The molecule has 1 aliphatic rings. The van der Waals surface area contributed by atoms with Crippen LogP contribution in [0.25, 0.3) is 0 Å². The maximum Gasteiger partial charge on any atom is 0.303 e. The topological polar surface area (TPSA) is 79.3 Å². The number of carbonyl (C=O) groups excluding carboxylic acids is 1. The summed E-state index contributed by atoms with van der Waals surface area (Å²) < 4.78 is 0.